The smallest absolute Gasteiger partial charge is 0.279 e. The Morgan fingerprint density at radius 2 is 1.79 bits per heavy atom. The minimum atomic E-state index is 0.00657. The molecule has 3 rings (SSSR count). The lowest BCUT2D eigenvalue weighted by Crippen LogP contribution is -3.28. The summed E-state index contributed by atoms with van der Waals surface area (Å²) in [6.07, 6.45) is 0. The van der Waals surface area contributed by atoms with Crippen LogP contribution in [0.15, 0.2) is 48.5 Å². The average molecular weight is 406 g/mol. The summed E-state index contributed by atoms with van der Waals surface area (Å²) in [6.45, 7) is 6.24. The number of benzene rings is 2. The van der Waals surface area contributed by atoms with Gasteiger partial charge in [-0.15, -0.1) is 0 Å². The molecule has 3 N–H and O–H groups in total. The number of hydrogen-bond donors (Lipinski definition) is 3. The minimum absolute atomic E-state index is 0.00657. The van der Waals surface area contributed by atoms with Crippen LogP contribution in [-0.4, -0.2) is 58.9 Å². The van der Waals surface area contributed by atoms with Crippen LogP contribution in [0.1, 0.15) is 0 Å². The Balaban J connectivity index is 1.35. The first-order chi connectivity index (χ1) is 13.6. The molecule has 0 aromatic heterocycles. The zero-order chi connectivity index (χ0) is 19.8. The second-order valence-corrected chi connectivity index (χ2v) is 7.39. The van der Waals surface area contributed by atoms with E-state index in [1.807, 2.05) is 30.3 Å². The molecule has 0 aliphatic carbocycles. The molecular weight excluding hydrogens is 378 g/mol. The Kier molecular flexibility index (Phi) is 7.54. The second-order valence-electron chi connectivity index (χ2n) is 6.99. The van der Waals surface area contributed by atoms with Gasteiger partial charge in [0, 0.05) is 5.69 Å². The first-order valence-electron chi connectivity index (χ1n) is 9.62. The number of hydrogen-bond acceptors (Lipinski definition) is 3. The molecule has 0 spiro atoms. The van der Waals surface area contributed by atoms with Crippen LogP contribution >= 0.6 is 11.6 Å². The summed E-state index contributed by atoms with van der Waals surface area (Å²) in [7, 11) is 1.57. The van der Waals surface area contributed by atoms with Crippen LogP contribution in [0.25, 0.3) is 0 Å². The van der Waals surface area contributed by atoms with Crippen LogP contribution in [-0.2, 0) is 4.79 Å². The zero-order valence-corrected chi connectivity index (χ0v) is 16.9. The van der Waals surface area contributed by atoms with E-state index in [0.29, 0.717) is 29.6 Å². The van der Waals surface area contributed by atoms with Crippen molar-refractivity contribution in [3.63, 3.8) is 0 Å². The second kappa shape index (κ2) is 10.3. The molecule has 0 atom stereocenters. The predicted octanol–water partition coefficient (Wildman–Crippen LogP) is 0.150. The molecule has 2 aromatic carbocycles. The summed E-state index contributed by atoms with van der Waals surface area (Å²) in [5.74, 6) is 1.52. The molecule has 1 amide bonds. The van der Waals surface area contributed by atoms with Crippen molar-refractivity contribution >= 4 is 23.2 Å². The van der Waals surface area contributed by atoms with Gasteiger partial charge in [0.1, 0.15) is 50.8 Å². The van der Waals surface area contributed by atoms with Crippen LogP contribution in [0.4, 0.5) is 5.69 Å². The third-order valence-electron chi connectivity index (χ3n) is 4.98. The highest BCUT2D eigenvalue weighted by Gasteiger charge is 2.24. The fraction of sp³-hybridized carbons (Fsp3) is 0.381. The molecule has 7 heteroatoms. The number of nitrogens with one attached hydrogen (secondary N) is 3. The van der Waals surface area contributed by atoms with E-state index < -0.39 is 0 Å². The van der Waals surface area contributed by atoms with Crippen molar-refractivity contribution in [1.82, 2.24) is 0 Å². The highest BCUT2D eigenvalue weighted by atomic mass is 35.5. The van der Waals surface area contributed by atoms with E-state index in [9.17, 15) is 4.79 Å². The van der Waals surface area contributed by atoms with Gasteiger partial charge in [-0.1, -0.05) is 29.8 Å². The van der Waals surface area contributed by atoms with Crippen molar-refractivity contribution in [2.45, 2.75) is 0 Å². The fourth-order valence-corrected chi connectivity index (χ4v) is 3.65. The molecule has 0 radical (unpaired) electrons. The van der Waals surface area contributed by atoms with Crippen molar-refractivity contribution in [1.29, 1.82) is 0 Å². The van der Waals surface area contributed by atoms with Gasteiger partial charge in [-0.2, -0.15) is 0 Å². The molecule has 1 saturated heterocycles. The van der Waals surface area contributed by atoms with Crippen molar-refractivity contribution < 1.29 is 24.1 Å². The number of para-hydroxylation sites is 1. The summed E-state index contributed by atoms with van der Waals surface area (Å²) in [5.41, 5.74) is 0.692. The third kappa shape index (κ3) is 6.12. The molecular formula is C21H28ClN3O3+2. The number of rotatable bonds is 8. The maximum Gasteiger partial charge on any atom is 0.279 e. The van der Waals surface area contributed by atoms with Gasteiger partial charge in [0.2, 0.25) is 0 Å². The monoisotopic (exact) mass is 405 g/mol. The van der Waals surface area contributed by atoms with Gasteiger partial charge >= 0.3 is 0 Å². The van der Waals surface area contributed by atoms with E-state index in [1.165, 1.54) is 9.80 Å². The van der Waals surface area contributed by atoms with Gasteiger partial charge in [0.05, 0.1) is 12.1 Å². The Labute approximate surface area is 171 Å². The lowest BCUT2D eigenvalue weighted by atomic mass is 10.3. The van der Waals surface area contributed by atoms with E-state index in [2.05, 4.69) is 5.32 Å². The Bertz CT molecular complexity index is 765. The van der Waals surface area contributed by atoms with Crippen LogP contribution in [0.3, 0.4) is 0 Å². The largest absolute Gasteiger partial charge is 0.495 e. The molecule has 1 fully saturated rings. The number of methoxy groups -OCH3 is 1. The van der Waals surface area contributed by atoms with Crippen molar-refractivity contribution in [3.05, 3.63) is 53.6 Å². The molecule has 1 aliphatic heterocycles. The molecule has 2 aromatic rings. The molecule has 0 unspecified atom stereocenters. The number of halogens is 1. The topological polar surface area (TPSA) is 56.4 Å². The van der Waals surface area contributed by atoms with Crippen LogP contribution < -0.4 is 24.6 Å². The fourth-order valence-electron chi connectivity index (χ4n) is 3.39. The lowest BCUT2D eigenvalue weighted by molar-refractivity contribution is -1.01. The first kappa shape index (κ1) is 20.5. The van der Waals surface area contributed by atoms with Crippen molar-refractivity contribution in [2.24, 2.45) is 0 Å². The molecule has 1 heterocycles. The maximum absolute atomic E-state index is 12.3. The van der Waals surface area contributed by atoms with Gasteiger partial charge in [-0.05, 0) is 30.3 Å². The van der Waals surface area contributed by atoms with Gasteiger partial charge in [0.15, 0.2) is 6.54 Å². The average Bonchev–Trinajstić information content (AvgIpc) is 2.70. The van der Waals surface area contributed by atoms with E-state index in [4.69, 9.17) is 21.1 Å². The number of piperazine rings is 1. The normalized spacial score (nSPS) is 19.1. The number of quaternary nitrogens is 2. The summed E-state index contributed by atoms with van der Waals surface area (Å²) < 4.78 is 10.9. The van der Waals surface area contributed by atoms with E-state index in [-0.39, 0.29) is 5.91 Å². The van der Waals surface area contributed by atoms with E-state index in [0.717, 1.165) is 38.5 Å². The number of carbonyl (C=O) groups excluding carboxylic acids is 1. The van der Waals surface area contributed by atoms with Gasteiger partial charge in [-0.3, -0.25) is 4.79 Å². The Morgan fingerprint density at radius 1 is 1.07 bits per heavy atom. The summed E-state index contributed by atoms with van der Waals surface area (Å²) in [5, 5.41) is 3.41. The van der Waals surface area contributed by atoms with E-state index >= 15 is 0 Å². The minimum Gasteiger partial charge on any atom is -0.495 e. The van der Waals surface area contributed by atoms with E-state index in [1.54, 1.807) is 25.3 Å². The van der Waals surface area contributed by atoms with Gasteiger partial charge < -0.3 is 24.6 Å². The van der Waals surface area contributed by atoms with Crippen molar-refractivity contribution in [2.75, 3.05) is 58.3 Å². The Hall–Kier alpha value is -2.28. The summed E-state index contributed by atoms with van der Waals surface area (Å²) in [6, 6.07) is 15.2. The molecule has 0 bridgehead atoms. The molecule has 28 heavy (non-hydrogen) atoms. The lowest BCUT2D eigenvalue weighted by Gasteiger charge is -2.29. The number of carbonyl (C=O) groups is 1. The quantitative estimate of drug-likeness (QED) is 0.586. The van der Waals surface area contributed by atoms with Crippen LogP contribution in [0.5, 0.6) is 11.5 Å². The number of ether oxygens (including phenoxy) is 2. The molecule has 1 aliphatic rings. The molecule has 6 nitrogen and oxygen atoms in total. The van der Waals surface area contributed by atoms with Gasteiger partial charge in [-0.25, -0.2) is 0 Å². The number of anilines is 1. The predicted molar refractivity (Wildman–Crippen MR) is 110 cm³/mol. The first-order valence-corrected chi connectivity index (χ1v) is 10.00. The summed E-state index contributed by atoms with van der Waals surface area (Å²) in [4.78, 5) is 15.2. The van der Waals surface area contributed by atoms with Crippen molar-refractivity contribution in [3.8, 4) is 11.5 Å². The third-order valence-corrected chi connectivity index (χ3v) is 5.27. The SMILES string of the molecule is COc1ccc(NC(=O)C[NH+]2CC[NH+](CCOc3ccccc3)CC2)cc1Cl. The maximum atomic E-state index is 12.3. The summed E-state index contributed by atoms with van der Waals surface area (Å²) >= 11 is 6.11. The number of amides is 1. The van der Waals surface area contributed by atoms with Crippen LogP contribution in [0, 0.1) is 0 Å². The molecule has 0 saturated carbocycles. The Morgan fingerprint density at radius 3 is 2.46 bits per heavy atom. The highest BCUT2D eigenvalue weighted by Crippen LogP contribution is 2.27. The molecule has 150 valence electrons. The standard InChI is InChI=1S/C21H26ClN3O3/c1-27-20-8-7-17(15-19(20)22)23-21(26)16-25-11-9-24(10-12-25)13-14-28-18-5-3-2-4-6-18/h2-8,15H,9-14,16H2,1H3,(H,23,26)/p+2. The van der Waals surface area contributed by atoms with Crippen LogP contribution in [0.2, 0.25) is 5.02 Å². The zero-order valence-electron chi connectivity index (χ0n) is 16.2. The highest BCUT2D eigenvalue weighted by molar-refractivity contribution is 6.32. The van der Waals surface area contributed by atoms with Gasteiger partial charge in [0.25, 0.3) is 5.91 Å².